The van der Waals surface area contributed by atoms with Gasteiger partial charge in [0.2, 0.25) is 0 Å². The van der Waals surface area contributed by atoms with Crippen LogP contribution in [0, 0.1) is 5.92 Å². The van der Waals surface area contributed by atoms with E-state index in [2.05, 4.69) is 16.8 Å². The predicted octanol–water partition coefficient (Wildman–Crippen LogP) is 2.40. The van der Waals surface area contributed by atoms with Gasteiger partial charge in [-0.2, -0.15) is 0 Å². The number of carboxylic acids is 1. The molecule has 0 saturated carbocycles. The van der Waals surface area contributed by atoms with Crippen LogP contribution in [0.3, 0.4) is 0 Å². The number of nitrogens with zero attached hydrogens (tertiary/aromatic N) is 2. The van der Waals surface area contributed by atoms with E-state index < -0.39 is 5.97 Å². The average molecular weight is 250 g/mol. The van der Waals surface area contributed by atoms with E-state index in [0.717, 1.165) is 25.9 Å². The number of hydrogen-bond acceptors (Lipinski definition) is 3. The fourth-order valence-electron chi connectivity index (χ4n) is 1.83. The Labute approximate surface area is 109 Å². The van der Waals surface area contributed by atoms with Crippen molar-refractivity contribution in [2.45, 2.75) is 33.2 Å². The molecule has 0 aromatic carbocycles. The van der Waals surface area contributed by atoms with Gasteiger partial charge in [-0.1, -0.05) is 20.3 Å². The van der Waals surface area contributed by atoms with E-state index >= 15 is 0 Å². The molecule has 100 valence electrons. The molecule has 4 heteroatoms. The first-order valence-corrected chi connectivity index (χ1v) is 6.47. The van der Waals surface area contributed by atoms with E-state index in [4.69, 9.17) is 5.11 Å². The molecule has 1 N–H and O–H groups in total. The maximum Gasteiger partial charge on any atom is 0.307 e. The number of carbonyl (C=O) groups is 1. The number of aromatic nitrogens is 1. The molecule has 4 nitrogen and oxygen atoms in total. The molecule has 1 unspecified atom stereocenters. The number of pyridine rings is 1. The first-order chi connectivity index (χ1) is 8.63. The second-order valence-corrected chi connectivity index (χ2v) is 4.68. The second-order valence-electron chi connectivity index (χ2n) is 4.68. The van der Waals surface area contributed by atoms with Crippen molar-refractivity contribution < 1.29 is 9.90 Å². The summed E-state index contributed by atoms with van der Waals surface area (Å²) in [5.41, 5.74) is 1.18. The molecule has 0 aliphatic heterocycles. The Bertz CT molecular complexity index is 354. The number of unbranched alkanes of at least 4 members (excludes halogenated alkanes) is 1. The third-order valence-corrected chi connectivity index (χ3v) is 2.94. The molecule has 0 saturated heterocycles. The van der Waals surface area contributed by atoms with Crippen LogP contribution in [0.1, 0.15) is 32.3 Å². The zero-order valence-corrected chi connectivity index (χ0v) is 11.2. The van der Waals surface area contributed by atoms with Gasteiger partial charge in [-0.25, -0.2) is 0 Å². The Balaban J connectivity index is 2.57. The Morgan fingerprint density at radius 3 is 2.67 bits per heavy atom. The Hall–Kier alpha value is -1.42. The minimum atomic E-state index is -0.730. The minimum absolute atomic E-state index is 0.330. The zero-order chi connectivity index (χ0) is 13.4. The SMILES string of the molecule is CCCCN(Cc1ccncc1)CC(C)C(=O)O. The fraction of sp³-hybridized carbons (Fsp3) is 0.571. The van der Waals surface area contributed by atoms with E-state index in [0.29, 0.717) is 6.54 Å². The molecule has 18 heavy (non-hydrogen) atoms. The molecule has 0 aliphatic rings. The normalized spacial score (nSPS) is 12.6. The van der Waals surface area contributed by atoms with Crippen LogP contribution in [-0.4, -0.2) is 34.0 Å². The molecule has 0 bridgehead atoms. The lowest BCUT2D eigenvalue weighted by Crippen LogP contribution is -2.32. The van der Waals surface area contributed by atoms with Crippen molar-refractivity contribution in [1.82, 2.24) is 9.88 Å². The number of aliphatic carboxylic acids is 1. The molecule has 1 rings (SSSR count). The molecule has 0 aliphatic carbocycles. The van der Waals surface area contributed by atoms with E-state index in [1.54, 1.807) is 19.3 Å². The zero-order valence-electron chi connectivity index (χ0n) is 11.2. The van der Waals surface area contributed by atoms with E-state index in [1.165, 1.54) is 5.56 Å². The summed E-state index contributed by atoms with van der Waals surface area (Å²) in [7, 11) is 0. The van der Waals surface area contributed by atoms with Crippen molar-refractivity contribution in [1.29, 1.82) is 0 Å². The lowest BCUT2D eigenvalue weighted by Gasteiger charge is -2.24. The Morgan fingerprint density at radius 1 is 1.44 bits per heavy atom. The van der Waals surface area contributed by atoms with Gasteiger partial charge in [0.1, 0.15) is 0 Å². The number of rotatable bonds is 8. The van der Waals surface area contributed by atoms with Crippen LogP contribution in [-0.2, 0) is 11.3 Å². The summed E-state index contributed by atoms with van der Waals surface area (Å²) in [4.78, 5) is 17.1. The van der Waals surface area contributed by atoms with Crippen LogP contribution < -0.4 is 0 Å². The third kappa shape index (κ3) is 5.27. The lowest BCUT2D eigenvalue weighted by molar-refractivity contribution is -0.141. The molecular weight excluding hydrogens is 228 g/mol. The quantitative estimate of drug-likeness (QED) is 0.769. The van der Waals surface area contributed by atoms with Crippen molar-refractivity contribution in [3.63, 3.8) is 0 Å². The molecule has 0 amide bonds. The third-order valence-electron chi connectivity index (χ3n) is 2.94. The fourth-order valence-corrected chi connectivity index (χ4v) is 1.83. The Morgan fingerprint density at radius 2 is 2.11 bits per heavy atom. The predicted molar refractivity (Wildman–Crippen MR) is 71.2 cm³/mol. The van der Waals surface area contributed by atoms with E-state index in [1.807, 2.05) is 12.1 Å². The summed E-state index contributed by atoms with van der Waals surface area (Å²) < 4.78 is 0. The molecule has 0 fully saturated rings. The summed E-state index contributed by atoms with van der Waals surface area (Å²) in [5, 5.41) is 8.99. The summed E-state index contributed by atoms with van der Waals surface area (Å²) >= 11 is 0. The van der Waals surface area contributed by atoms with Crippen molar-refractivity contribution in [2.24, 2.45) is 5.92 Å². The van der Waals surface area contributed by atoms with Crippen molar-refractivity contribution in [3.8, 4) is 0 Å². The maximum absolute atomic E-state index is 10.9. The highest BCUT2D eigenvalue weighted by atomic mass is 16.4. The van der Waals surface area contributed by atoms with Crippen LogP contribution in [0.15, 0.2) is 24.5 Å². The van der Waals surface area contributed by atoms with Gasteiger partial charge >= 0.3 is 5.97 Å². The van der Waals surface area contributed by atoms with Gasteiger partial charge in [0, 0.05) is 25.5 Å². The van der Waals surface area contributed by atoms with Crippen LogP contribution in [0.4, 0.5) is 0 Å². The van der Waals surface area contributed by atoms with Crippen molar-refractivity contribution >= 4 is 5.97 Å². The maximum atomic E-state index is 10.9. The van der Waals surface area contributed by atoms with E-state index in [9.17, 15) is 4.79 Å². The van der Waals surface area contributed by atoms with Gasteiger partial charge in [-0.3, -0.25) is 14.7 Å². The van der Waals surface area contributed by atoms with Crippen LogP contribution >= 0.6 is 0 Å². The van der Waals surface area contributed by atoms with E-state index in [-0.39, 0.29) is 5.92 Å². The molecule has 0 spiro atoms. The van der Waals surface area contributed by atoms with Gasteiger partial charge in [0.15, 0.2) is 0 Å². The highest BCUT2D eigenvalue weighted by Crippen LogP contribution is 2.08. The monoisotopic (exact) mass is 250 g/mol. The first-order valence-electron chi connectivity index (χ1n) is 6.47. The summed E-state index contributed by atoms with van der Waals surface area (Å²) in [6.07, 6.45) is 5.76. The van der Waals surface area contributed by atoms with Gasteiger partial charge in [0.25, 0.3) is 0 Å². The van der Waals surface area contributed by atoms with Gasteiger partial charge in [0.05, 0.1) is 5.92 Å². The van der Waals surface area contributed by atoms with Crippen LogP contribution in [0.2, 0.25) is 0 Å². The van der Waals surface area contributed by atoms with Gasteiger partial charge in [-0.05, 0) is 30.7 Å². The number of carboxylic acid groups (broad SMARTS) is 1. The molecule has 1 heterocycles. The standard InChI is InChI=1S/C14H22N2O2/c1-3-4-9-16(10-12(2)14(17)18)11-13-5-7-15-8-6-13/h5-8,12H,3-4,9-11H2,1-2H3,(H,17,18). The highest BCUT2D eigenvalue weighted by molar-refractivity contribution is 5.69. The van der Waals surface area contributed by atoms with Crippen molar-refractivity contribution in [3.05, 3.63) is 30.1 Å². The molecule has 1 atom stereocenters. The molecule has 1 aromatic heterocycles. The Kier molecular flexibility index (Phi) is 6.36. The highest BCUT2D eigenvalue weighted by Gasteiger charge is 2.15. The van der Waals surface area contributed by atoms with Crippen molar-refractivity contribution in [2.75, 3.05) is 13.1 Å². The van der Waals surface area contributed by atoms with Gasteiger partial charge in [-0.15, -0.1) is 0 Å². The minimum Gasteiger partial charge on any atom is -0.481 e. The molecular formula is C14H22N2O2. The molecule has 0 radical (unpaired) electrons. The average Bonchev–Trinajstić information content (AvgIpc) is 2.37. The summed E-state index contributed by atoms with van der Waals surface area (Å²) in [6, 6.07) is 3.95. The second kappa shape index (κ2) is 7.82. The molecule has 1 aromatic rings. The lowest BCUT2D eigenvalue weighted by atomic mass is 10.1. The van der Waals surface area contributed by atoms with Gasteiger partial charge < -0.3 is 5.11 Å². The summed E-state index contributed by atoms with van der Waals surface area (Å²) in [5.74, 6) is -1.06. The van der Waals surface area contributed by atoms with Crippen LogP contribution in [0.25, 0.3) is 0 Å². The van der Waals surface area contributed by atoms with Crippen LogP contribution in [0.5, 0.6) is 0 Å². The first kappa shape index (κ1) is 14.6. The largest absolute Gasteiger partial charge is 0.481 e. The summed E-state index contributed by atoms with van der Waals surface area (Å²) in [6.45, 7) is 6.23. The smallest absolute Gasteiger partial charge is 0.307 e. The topological polar surface area (TPSA) is 53.4 Å². The number of hydrogen-bond donors (Lipinski definition) is 1.